The molecule has 1 aromatic rings. The molecule has 5 heteroatoms. The number of aryl methyl sites for hydroxylation is 1. The quantitative estimate of drug-likeness (QED) is 0.800. The zero-order valence-electron chi connectivity index (χ0n) is 8.81. The van der Waals surface area contributed by atoms with Crippen LogP contribution >= 0.6 is 0 Å². The van der Waals surface area contributed by atoms with Gasteiger partial charge < -0.3 is 5.73 Å². The summed E-state index contributed by atoms with van der Waals surface area (Å²) in [5, 5.41) is 0. The van der Waals surface area contributed by atoms with Crippen molar-refractivity contribution in [3.63, 3.8) is 0 Å². The van der Waals surface area contributed by atoms with Crippen LogP contribution in [0.4, 0.5) is 17.6 Å². The molecule has 0 fully saturated rings. The molecule has 2 N–H and O–H groups in total. The molecule has 0 saturated heterocycles. The summed E-state index contributed by atoms with van der Waals surface area (Å²) in [7, 11) is 0. The predicted octanol–water partition coefficient (Wildman–Crippen LogP) is 3.12. The van der Waals surface area contributed by atoms with E-state index in [9.17, 15) is 17.6 Å². The summed E-state index contributed by atoms with van der Waals surface area (Å²) < 4.78 is 50.5. The molecule has 1 atom stereocenters. The third-order valence-electron chi connectivity index (χ3n) is 2.25. The van der Waals surface area contributed by atoms with Crippen molar-refractivity contribution in [1.82, 2.24) is 0 Å². The largest absolute Gasteiger partial charge is 0.419 e. The van der Waals surface area contributed by atoms with E-state index in [1.54, 1.807) is 6.92 Å². The molecular weight excluding hydrogens is 222 g/mol. The van der Waals surface area contributed by atoms with E-state index in [0.717, 1.165) is 6.07 Å². The van der Waals surface area contributed by atoms with Crippen LogP contribution in [-0.2, 0) is 12.6 Å². The minimum atomic E-state index is -4.64. The maximum atomic E-state index is 13.5. The fourth-order valence-corrected chi connectivity index (χ4v) is 1.37. The van der Waals surface area contributed by atoms with Crippen LogP contribution in [0.3, 0.4) is 0 Å². The number of halogens is 4. The van der Waals surface area contributed by atoms with Crippen molar-refractivity contribution in [1.29, 1.82) is 0 Å². The van der Waals surface area contributed by atoms with Gasteiger partial charge in [0.15, 0.2) is 0 Å². The summed E-state index contributed by atoms with van der Waals surface area (Å²) in [6.45, 7) is 1.73. The lowest BCUT2D eigenvalue weighted by atomic mass is 10.0. The second kappa shape index (κ2) is 4.82. The summed E-state index contributed by atoms with van der Waals surface area (Å²) in [6.07, 6.45) is -3.97. The Kier molecular flexibility index (Phi) is 3.91. The Morgan fingerprint density at radius 1 is 1.31 bits per heavy atom. The van der Waals surface area contributed by atoms with Crippen LogP contribution in [-0.4, -0.2) is 6.04 Å². The molecule has 1 aromatic carbocycles. The summed E-state index contributed by atoms with van der Waals surface area (Å²) in [6, 6.07) is 3.15. The van der Waals surface area contributed by atoms with E-state index < -0.39 is 17.6 Å². The molecule has 0 aliphatic rings. The van der Waals surface area contributed by atoms with Crippen LogP contribution in [0.25, 0.3) is 0 Å². The minimum absolute atomic E-state index is 0.0622. The Hall–Kier alpha value is -1.10. The van der Waals surface area contributed by atoms with Gasteiger partial charge in [0.1, 0.15) is 5.82 Å². The van der Waals surface area contributed by atoms with Crippen molar-refractivity contribution in [2.24, 2.45) is 5.73 Å². The van der Waals surface area contributed by atoms with Crippen molar-refractivity contribution in [3.8, 4) is 0 Å². The first-order chi connectivity index (χ1) is 7.32. The molecule has 90 valence electrons. The zero-order valence-corrected chi connectivity index (χ0v) is 8.81. The van der Waals surface area contributed by atoms with Gasteiger partial charge in [-0.05, 0) is 31.4 Å². The number of hydrogen-bond acceptors (Lipinski definition) is 1. The Bertz CT molecular complexity index is 357. The van der Waals surface area contributed by atoms with E-state index in [1.165, 1.54) is 12.1 Å². The highest BCUT2D eigenvalue weighted by Gasteiger charge is 2.34. The maximum Gasteiger partial charge on any atom is 0.419 e. The topological polar surface area (TPSA) is 26.0 Å². The molecule has 0 spiro atoms. The SMILES string of the molecule is C[C@@H](N)CCc1cccc(C(F)(F)F)c1F. The van der Waals surface area contributed by atoms with Gasteiger partial charge in [-0.2, -0.15) is 13.2 Å². The number of rotatable bonds is 3. The molecule has 0 aliphatic carbocycles. The van der Waals surface area contributed by atoms with Crippen LogP contribution in [0.2, 0.25) is 0 Å². The van der Waals surface area contributed by atoms with Crippen LogP contribution in [0.5, 0.6) is 0 Å². The van der Waals surface area contributed by atoms with Gasteiger partial charge in [-0.25, -0.2) is 4.39 Å². The highest BCUT2D eigenvalue weighted by Crippen LogP contribution is 2.32. The molecule has 16 heavy (non-hydrogen) atoms. The normalized spacial score (nSPS) is 13.9. The molecule has 0 bridgehead atoms. The molecule has 0 amide bonds. The highest BCUT2D eigenvalue weighted by molar-refractivity contribution is 5.28. The molecular formula is C11H13F4N. The van der Waals surface area contributed by atoms with Crippen LogP contribution in [0.15, 0.2) is 18.2 Å². The first kappa shape index (κ1) is 13.0. The summed E-state index contributed by atoms with van der Waals surface area (Å²) >= 11 is 0. The van der Waals surface area contributed by atoms with Crippen LogP contribution in [0.1, 0.15) is 24.5 Å². The number of benzene rings is 1. The van der Waals surface area contributed by atoms with Crippen molar-refractivity contribution in [3.05, 3.63) is 35.1 Å². The molecule has 0 radical (unpaired) electrons. The molecule has 0 saturated carbocycles. The minimum Gasteiger partial charge on any atom is -0.328 e. The maximum absolute atomic E-state index is 13.5. The highest BCUT2D eigenvalue weighted by atomic mass is 19.4. The Morgan fingerprint density at radius 2 is 1.94 bits per heavy atom. The fraction of sp³-hybridized carbons (Fsp3) is 0.455. The molecule has 0 aliphatic heterocycles. The van der Waals surface area contributed by atoms with Crippen LogP contribution in [0, 0.1) is 5.82 Å². The van der Waals surface area contributed by atoms with Crippen molar-refractivity contribution >= 4 is 0 Å². The first-order valence-corrected chi connectivity index (χ1v) is 4.92. The van der Waals surface area contributed by atoms with Gasteiger partial charge >= 0.3 is 6.18 Å². The van der Waals surface area contributed by atoms with Gasteiger partial charge in [0.25, 0.3) is 0 Å². The lowest BCUT2D eigenvalue weighted by Gasteiger charge is -2.11. The second-order valence-electron chi connectivity index (χ2n) is 3.79. The lowest BCUT2D eigenvalue weighted by Crippen LogP contribution is -2.16. The average Bonchev–Trinajstić information content (AvgIpc) is 2.14. The van der Waals surface area contributed by atoms with Gasteiger partial charge in [-0.3, -0.25) is 0 Å². The van der Waals surface area contributed by atoms with Gasteiger partial charge in [-0.1, -0.05) is 12.1 Å². The number of nitrogens with two attached hydrogens (primary N) is 1. The fourth-order valence-electron chi connectivity index (χ4n) is 1.37. The first-order valence-electron chi connectivity index (χ1n) is 4.92. The monoisotopic (exact) mass is 235 g/mol. The lowest BCUT2D eigenvalue weighted by molar-refractivity contribution is -0.140. The second-order valence-corrected chi connectivity index (χ2v) is 3.79. The smallest absolute Gasteiger partial charge is 0.328 e. The van der Waals surface area contributed by atoms with Crippen molar-refractivity contribution < 1.29 is 17.6 Å². The van der Waals surface area contributed by atoms with E-state index >= 15 is 0 Å². The Labute approximate surface area is 91.3 Å². The van der Waals surface area contributed by atoms with Gasteiger partial charge in [0.05, 0.1) is 5.56 Å². The van der Waals surface area contributed by atoms with E-state index in [1.807, 2.05) is 0 Å². The molecule has 0 aromatic heterocycles. The van der Waals surface area contributed by atoms with Gasteiger partial charge in [0, 0.05) is 6.04 Å². The van der Waals surface area contributed by atoms with Crippen molar-refractivity contribution in [2.75, 3.05) is 0 Å². The molecule has 1 rings (SSSR count). The zero-order chi connectivity index (χ0) is 12.3. The Morgan fingerprint density at radius 3 is 2.44 bits per heavy atom. The third-order valence-corrected chi connectivity index (χ3v) is 2.25. The van der Waals surface area contributed by atoms with Gasteiger partial charge in [-0.15, -0.1) is 0 Å². The summed E-state index contributed by atoms with van der Waals surface area (Å²) in [5.41, 5.74) is 4.32. The van der Waals surface area contributed by atoms with E-state index in [0.29, 0.717) is 6.42 Å². The van der Waals surface area contributed by atoms with Crippen molar-refractivity contribution in [2.45, 2.75) is 32.0 Å². The molecule has 0 unspecified atom stereocenters. The van der Waals surface area contributed by atoms with Crippen LogP contribution < -0.4 is 5.73 Å². The van der Waals surface area contributed by atoms with Gasteiger partial charge in [0.2, 0.25) is 0 Å². The molecule has 1 nitrogen and oxygen atoms in total. The van der Waals surface area contributed by atoms with E-state index in [4.69, 9.17) is 5.73 Å². The summed E-state index contributed by atoms with van der Waals surface area (Å²) in [4.78, 5) is 0. The molecule has 0 heterocycles. The number of hydrogen-bond donors (Lipinski definition) is 1. The van der Waals surface area contributed by atoms with E-state index in [2.05, 4.69) is 0 Å². The summed E-state index contributed by atoms with van der Waals surface area (Å²) in [5.74, 6) is -1.18. The third kappa shape index (κ3) is 3.20. The number of alkyl halides is 3. The van der Waals surface area contributed by atoms with E-state index in [-0.39, 0.29) is 18.0 Å². The Balaban J connectivity index is 2.96. The average molecular weight is 235 g/mol. The standard InChI is InChI=1S/C11H13F4N/c1-7(16)5-6-8-3-2-4-9(10(8)12)11(13,14)15/h2-4,7H,5-6,16H2,1H3/t7-/m1/s1. The predicted molar refractivity (Wildman–Crippen MR) is 53.4 cm³/mol.